The van der Waals surface area contributed by atoms with Crippen LogP contribution in [-0.2, 0) is 6.54 Å². The van der Waals surface area contributed by atoms with E-state index in [2.05, 4.69) is 5.32 Å². The van der Waals surface area contributed by atoms with E-state index in [1.807, 2.05) is 60.0 Å². The summed E-state index contributed by atoms with van der Waals surface area (Å²) < 4.78 is 0. The van der Waals surface area contributed by atoms with E-state index in [1.54, 1.807) is 18.3 Å². The Morgan fingerprint density at radius 1 is 1.03 bits per heavy atom. The fraction of sp³-hybridized carbons (Fsp3) is 0.0833. The highest BCUT2D eigenvalue weighted by atomic mass is 32.1. The van der Waals surface area contributed by atoms with E-state index in [0.29, 0.717) is 17.7 Å². The van der Waals surface area contributed by atoms with Crippen molar-refractivity contribution in [2.24, 2.45) is 0 Å². The number of aryl methyl sites for hydroxylation is 1. The summed E-state index contributed by atoms with van der Waals surface area (Å²) in [6.07, 6.45) is 0. The molecule has 0 saturated heterocycles. The van der Waals surface area contributed by atoms with Crippen LogP contribution in [0.25, 0.3) is 21.8 Å². The van der Waals surface area contributed by atoms with Gasteiger partial charge in [0.2, 0.25) is 0 Å². The summed E-state index contributed by atoms with van der Waals surface area (Å²) in [5, 5.41) is 16.8. The molecule has 0 spiro atoms. The second-order valence-electron chi connectivity index (χ2n) is 7.04. The van der Waals surface area contributed by atoms with Crippen LogP contribution in [0, 0.1) is 17.0 Å². The highest BCUT2D eigenvalue weighted by molar-refractivity contribution is 7.13. The van der Waals surface area contributed by atoms with Gasteiger partial charge >= 0.3 is 0 Å². The Morgan fingerprint density at radius 2 is 1.77 bits per heavy atom. The summed E-state index contributed by atoms with van der Waals surface area (Å²) in [6.45, 7) is 1.98. The highest BCUT2D eigenvalue weighted by Gasteiger charge is 2.14. The molecule has 0 saturated carbocycles. The number of amides is 1. The normalized spacial score (nSPS) is 10.6. The first-order valence-electron chi connectivity index (χ1n) is 9.65. The van der Waals surface area contributed by atoms with Crippen LogP contribution in [-0.4, -0.2) is 15.8 Å². The number of nitro groups is 1. The van der Waals surface area contributed by atoms with Gasteiger partial charge in [0.1, 0.15) is 5.01 Å². The third-order valence-electron chi connectivity index (χ3n) is 4.88. The van der Waals surface area contributed by atoms with Crippen molar-refractivity contribution < 1.29 is 9.72 Å². The van der Waals surface area contributed by atoms with Gasteiger partial charge in [-0.25, -0.2) is 4.98 Å². The zero-order chi connectivity index (χ0) is 21.8. The van der Waals surface area contributed by atoms with Crippen LogP contribution in [0.5, 0.6) is 0 Å². The van der Waals surface area contributed by atoms with Crippen LogP contribution in [0.3, 0.4) is 0 Å². The zero-order valence-electron chi connectivity index (χ0n) is 16.7. The van der Waals surface area contributed by atoms with Crippen LogP contribution in [0.1, 0.15) is 21.5 Å². The minimum Gasteiger partial charge on any atom is -0.348 e. The Morgan fingerprint density at radius 3 is 2.45 bits per heavy atom. The molecule has 154 valence electrons. The quantitative estimate of drug-likeness (QED) is 0.318. The van der Waals surface area contributed by atoms with Crippen LogP contribution in [0.4, 0.5) is 5.69 Å². The number of carbonyl (C=O) groups is 1. The van der Waals surface area contributed by atoms with E-state index in [-0.39, 0.29) is 11.6 Å². The largest absolute Gasteiger partial charge is 0.348 e. The van der Waals surface area contributed by atoms with Crippen molar-refractivity contribution in [1.82, 2.24) is 10.3 Å². The van der Waals surface area contributed by atoms with Gasteiger partial charge in [0, 0.05) is 40.2 Å². The predicted molar refractivity (Wildman–Crippen MR) is 122 cm³/mol. The van der Waals surface area contributed by atoms with Gasteiger partial charge in [-0.1, -0.05) is 54.6 Å². The van der Waals surface area contributed by atoms with Crippen molar-refractivity contribution in [3.63, 3.8) is 0 Å². The molecule has 1 amide bonds. The monoisotopic (exact) mass is 429 g/mol. The Bertz CT molecular complexity index is 1230. The molecule has 0 atom stereocenters. The first-order valence-corrected chi connectivity index (χ1v) is 10.5. The lowest BCUT2D eigenvalue weighted by atomic mass is 10.1. The minimum absolute atomic E-state index is 0.00440. The highest BCUT2D eigenvalue weighted by Crippen LogP contribution is 2.29. The topological polar surface area (TPSA) is 85.1 Å². The van der Waals surface area contributed by atoms with Crippen molar-refractivity contribution in [1.29, 1.82) is 0 Å². The summed E-state index contributed by atoms with van der Waals surface area (Å²) in [5.41, 5.74) is 4.88. The van der Waals surface area contributed by atoms with Gasteiger partial charge in [0.15, 0.2) is 0 Å². The fourth-order valence-electron chi connectivity index (χ4n) is 3.20. The smallest absolute Gasteiger partial charge is 0.272 e. The maximum atomic E-state index is 12.4. The molecule has 1 N–H and O–H groups in total. The molecule has 1 heterocycles. The second kappa shape index (κ2) is 8.89. The number of hydrogen-bond donors (Lipinski definition) is 1. The lowest BCUT2D eigenvalue weighted by Gasteiger charge is -2.07. The third kappa shape index (κ3) is 4.67. The number of hydrogen-bond acceptors (Lipinski definition) is 5. The number of rotatable bonds is 6. The summed E-state index contributed by atoms with van der Waals surface area (Å²) in [6, 6.07) is 22.3. The van der Waals surface area contributed by atoms with Gasteiger partial charge in [-0.2, -0.15) is 0 Å². The SMILES string of the molecule is Cc1cc(C(=O)NCc2ccc(-c3nc(-c4ccccc4)cs3)cc2)ccc1[N+](=O)[O-]. The van der Waals surface area contributed by atoms with E-state index < -0.39 is 4.92 Å². The summed E-state index contributed by atoms with van der Waals surface area (Å²) >= 11 is 1.59. The molecule has 0 bridgehead atoms. The molecule has 7 heteroatoms. The number of nitrogens with one attached hydrogen (secondary N) is 1. The first-order chi connectivity index (χ1) is 15.0. The standard InChI is InChI=1S/C24H19N3O3S/c1-16-13-20(11-12-22(16)27(29)30)23(28)25-14-17-7-9-19(10-8-17)24-26-21(15-31-24)18-5-3-2-4-6-18/h2-13,15H,14H2,1H3,(H,25,28). The predicted octanol–water partition coefficient (Wildman–Crippen LogP) is 5.62. The molecular formula is C24H19N3O3S. The van der Waals surface area contributed by atoms with Gasteiger partial charge in [-0.3, -0.25) is 14.9 Å². The maximum absolute atomic E-state index is 12.4. The minimum atomic E-state index is -0.455. The molecule has 0 aliphatic carbocycles. The van der Waals surface area contributed by atoms with Crippen LogP contribution in [0.15, 0.2) is 78.2 Å². The molecule has 0 fully saturated rings. The Balaban J connectivity index is 1.40. The molecule has 3 aromatic carbocycles. The fourth-order valence-corrected chi connectivity index (χ4v) is 4.03. The van der Waals surface area contributed by atoms with Crippen molar-refractivity contribution in [3.05, 3.63) is 105 Å². The molecule has 1 aromatic heterocycles. The van der Waals surface area contributed by atoms with Gasteiger partial charge in [-0.15, -0.1) is 11.3 Å². The number of nitro benzene ring substituents is 1. The summed E-state index contributed by atoms with van der Waals surface area (Å²) in [7, 11) is 0. The van der Waals surface area contributed by atoms with Crippen molar-refractivity contribution in [3.8, 4) is 21.8 Å². The number of thiazole rings is 1. The Labute approximate surface area is 183 Å². The number of carbonyl (C=O) groups excluding carboxylic acids is 1. The second-order valence-corrected chi connectivity index (χ2v) is 7.90. The molecule has 31 heavy (non-hydrogen) atoms. The Kier molecular flexibility index (Phi) is 5.86. The van der Waals surface area contributed by atoms with E-state index in [9.17, 15) is 14.9 Å². The third-order valence-corrected chi connectivity index (χ3v) is 5.77. The van der Waals surface area contributed by atoms with E-state index >= 15 is 0 Å². The van der Waals surface area contributed by atoms with Crippen molar-refractivity contribution in [2.75, 3.05) is 0 Å². The zero-order valence-corrected chi connectivity index (χ0v) is 17.6. The summed E-state index contributed by atoms with van der Waals surface area (Å²) in [5.74, 6) is -0.269. The lowest BCUT2D eigenvalue weighted by Crippen LogP contribution is -2.22. The summed E-state index contributed by atoms with van der Waals surface area (Å²) in [4.78, 5) is 27.6. The first kappa shape index (κ1) is 20.4. The molecule has 0 aliphatic rings. The molecule has 6 nitrogen and oxygen atoms in total. The van der Waals surface area contributed by atoms with Crippen molar-refractivity contribution in [2.45, 2.75) is 13.5 Å². The molecule has 0 radical (unpaired) electrons. The molecule has 0 aliphatic heterocycles. The van der Waals surface area contributed by atoms with Crippen LogP contribution >= 0.6 is 11.3 Å². The van der Waals surface area contributed by atoms with Gasteiger partial charge in [0.25, 0.3) is 11.6 Å². The van der Waals surface area contributed by atoms with E-state index in [0.717, 1.165) is 27.4 Å². The van der Waals surface area contributed by atoms with Gasteiger partial charge in [-0.05, 0) is 24.6 Å². The number of aromatic nitrogens is 1. The van der Waals surface area contributed by atoms with Crippen LogP contribution < -0.4 is 5.32 Å². The van der Waals surface area contributed by atoms with Crippen LogP contribution in [0.2, 0.25) is 0 Å². The van der Waals surface area contributed by atoms with Gasteiger partial charge < -0.3 is 5.32 Å². The average Bonchev–Trinajstić information content (AvgIpc) is 3.28. The lowest BCUT2D eigenvalue weighted by molar-refractivity contribution is -0.385. The molecular weight excluding hydrogens is 410 g/mol. The number of benzene rings is 3. The van der Waals surface area contributed by atoms with E-state index in [4.69, 9.17) is 4.98 Å². The average molecular weight is 430 g/mol. The Hall–Kier alpha value is -3.84. The van der Waals surface area contributed by atoms with E-state index in [1.165, 1.54) is 18.2 Å². The molecule has 4 rings (SSSR count). The van der Waals surface area contributed by atoms with Crippen molar-refractivity contribution >= 4 is 22.9 Å². The molecule has 0 unspecified atom stereocenters. The van der Waals surface area contributed by atoms with Gasteiger partial charge in [0.05, 0.1) is 10.6 Å². The molecule has 4 aromatic rings. The maximum Gasteiger partial charge on any atom is 0.272 e. The number of nitrogens with zero attached hydrogens (tertiary/aromatic N) is 2.